The molecule has 2 N–H and O–H groups in total. The van der Waals surface area contributed by atoms with E-state index in [1.54, 1.807) is 14.0 Å². The summed E-state index contributed by atoms with van der Waals surface area (Å²) in [5.41, 5.74) is -0.0860. The third-order valence-corrected chi connectivity index (χ3v) is 7.12. The third kappa shape index (κ3) is 3.60. The van der Waals surface area contributed by atoms with Crippen LogP contribution in [0, 0.1) is 23.4 Å². The standard InChI is InChI=1S/C24H23F3N4O2/c1-12(20-18(27)7-16(26)11-28-20)29-23(33)21(31(2)24-8-13(9-24)10-24)17-6-14-5-15(25)3-4-19(14)30-22(17)32/h3-7,11-13,21H,8-10H2,1-2H3,(H,29,33)(H,30,32)/t12-,13?,21-,24?/m1/s1. The molecule has 0 radical (unpaired) electrons. The van der Waals surface area contributed by atoms with Crippen LogP contribution >= 0.6 is 0 Å². The van der Waals surface area contributed by atoms with Gasteiger partial charge in [0.2, 0.25) is 5.91 Å². The van der Waals surface area contributed by atoms with Crippen molar-refractivity contribution in [2.45, 2.75) is 43.8 Å². The number of halogens is 3. The van der Waals surface area contributed by atoms with Crippen LogP contribution in [-0.2, 0) is 4.79 Å². The van der Waals surface area contributed by atoms with Crippen LogP contribution in [0.25, 0.3) is 10.9 Å². The van der Waals surface area contributed by atoms with E-state index in [1.165, 1.54) is 24.3 Å². The van der Waals surface area contributed by atoms with E-state index in [0.717, 1.165) is 25.5 Å². The molecule has 6 rings (SSSR count). The maximum atomic E-state index is 14.2. The first-order valence-electron chi connectivity index (χ1n) is 10.8. The molecule has 2 aromatic heterocycles. The fourth-order valence-corrected chi connectivity index (χ4v) is 5.17. The van der Waals surface area contributed by atoms with Crippen LogP contribution < -0.4 is 10.9 Å². The smallest absolute Gasteiger partial charge is 0.253 e. The number of H-pyrrole nitrogens is 1. The van der Waals surface area contributed by atoms with Gasteiger partial charge in [-0.2, -0.15) is 0 Å². The Balaban J connectivity index is 1.52. The molecule has 33 heavy (non-hydrogen) atoms. The molecular formula is C24H23F3N4O2. The fraction of sp³-hybridized carbons (Fsp3) is 0.375. The molecular weight excluding hydrogens is 433 g/mol. The van der Waals surface area contributed by atoms with Crippen molar-refractivity contribution < 1.29 is 18.0 Å². The zero-order valence-electron chi connectivity index (χ0n) is 18.2. The number of aromatic amines is 1. The lowest BCUT2D eigenvalue weighted by Gasteiger charge is -2.67. The summed E-state index contributed by atoms with van der Waals surface area (Å²) in [6.45, 7) is 1.54. The summed E-state index contributed by atoms with van der Waals surface area (Å²) in [7, 11) is 1.80. The van der Waals surface area contributed by atoms with Crippen molar-refractivity contribution in [2.24, 2.45) is 5.92 Å². The molecule has 6 nitrogen and oxygen atoms in total. The van der Waals surface area contributed by atoms with Crippen molar-refractivity contribution >= 4 is 16.8 Å². The first-order valence-corrected chi connectivity index (χ1v) is 10.8. The average Bonchev–Trinajstić information content (AvgIpc) is 2.66. The summed E-state index contributed by atoms with van der Waals surface area (Å²) in [4.78, 5) is 34.9. The Morgan fingerprint density at radius 1 is 1.18 bits per heavy atom. The van der Waals surface area contributed by atoms with E-state index in [-0.39, 0.29) is 16.8 Å². The molecule has 0 unspecified atom stereocenters. The van der Waals surface area contributed by atoms with Crippen LogP contribution in [0.2, 0.25) is 0 Å². The minimum atomic E-state index is -0.978. The first kappa shape index (κ1) is 21.6. The third-order valence-electron chi connectivity index (χ3n) is 7.12. The van der Waals surface area contributed by atoms with Crippen LogP contribution in [-0.4, -0.2) is 33.4 Å². The number of hydrogen-bond donors (Lipinski definition) is 2. The summed E-state index contributed by atoms with van der Waals surface area (Å²) in [6, 6.07) is 4.42. The highest BCUT2D eigenvalue weighted by Crippen LogP contribution is 2.61. The number of carbonyl (C=O) groups excluding carboxylic acids is 1. The molecule has 2 bridgehead atoms. The second kappa shape index (κ2) is 7.69. The van der Waals surface area contributed by atoms with Crippen LogP contribution in [0.15, 0.2) is 41.3 Å². The Morgan fingerprint density at radius 3 is 2.55 bits per heavy atom. The number of pyridine rings is 2. The number of fused-ring (bicyclic) bond motifs is 1. The van der Waals surface area contributed by atoms with Crippen LogP contribution in [0.4, 0.5) is 13.2 Å². The lowest BCUT2D eigenvalue weighted by atomic mass is 9.49. The predicted octanol–water partition coefficient (Wildman–Crippen LogP) is 3.74. The molecule has 0 saturated heterocycles. The highest BCUT2D eigenvalue weighted by Gasteiger charge is 2.60. The zero-order chi connectivity index (χ0) is 23.5. The molecule has 3 fully saturated rings. The largest absolute Gasteiger partial charge is 0.346 e. The van der Waals surface area contributed by atoms with Gasteiger partial charge in [-0.1, -0.05) is 0 Å². The summed E-state index contributed by atoms with van der Waals surface area (Å²) in [5, 5.41) is 3.19. The Kier molecular flexibility index (Phi) is 5.04. The van der Waals surface area contributed by atoms with Crippen molar-refractivity contribution in [1.82, 2.24) is 20.2 Å². The SMILES string of the molecule is C[C@@H](NC(=O)[C@@H](c1cc2cc(F)ccc2[nH]c1=O)N(C)C12CC(C1)C2)c1ncc(F)cc1F. The summed E-state index contributed by atoms with van der Waals surface area (Å²) >= 11 is 0. The van der Waals surface area contributed by atoms with E-state index in [0.29, 0.717) is 22.9 Å². The number of hydrogen-bond acceptors (Lipinski definition) is 4. The molecule has 1 aromatic carbocycles. The van der Waals surface area contributed by atoms with Gasteiger partial charge in [0, 0.05) is 28.1 Å². The van der Waals surface area contributed by atoms with Gasteiger partial charge in [0.05, 0.1) is 17.9 Å². The molecule has 0 aliphatic heterocycles. The van der Waals surface area contributed by atoms with Gasteiger partial charge in [0.1, 0.15) is 23.5 Å². The maximum absolute atomic E-state index is 14.2. The van der Waals surface area contributed by atoms with E-state index in [9.17, 15) is 22.8 Å². The Labute approximate surface area is 187 Å². The Hall–Kier alpha value is -3.20. The monoisotopic (exact) mass is 456 g/mol. The molecule has 3 aromatic rings. The van der Waals surface area contributed by atoms with Crippen LogP contribution in [0.5, 0.6) is 0 Å². The molecule has 2 atom stereocenters. The lowest BCUT2D eigenvalue weighted by Crippen LogP contribution is -2.69. The molecule has 3 aliphatic rings. The number of benzene rings is 1. The minimum absolute atomic E-state index is 0.105. The van der Waals surface area contributed by atoms with Crippen LogP contribution in [0.1, 0.15) is 49.5 Å². The van der Waals surface area contributed by atoms with E-state index < -0.39 is 41.0 Å². The predicted molar refractivity (Wildman–Crippen MR) is 116 cm³/mol. The second-order valence-electron chi connectivity index (χ2n) is 9.25. The number of nitrogens with one attached hydrogen (secondary N) is 2. The number of amides is 1. The molecule has 3 saturated carbocycles. The van der Waals surface area contributed by atoms with E-state index in [4.69, 9.17) is 0 Å². The van der Waals surface area contributed by atoms with Crippen LogP contribution in [0.3, 0.4) is 0 Å². The summed E-state index contributed by atoms with van der Waals surface area (Å²) in [5.74, 6) is -2.02. The Bertz CT molecular complexity index is 1310. The van der Waals surface area contributed by atoms with Gasteiger partial charge in [0.25, 0.3) is 5.56 Å². The Morgan fingerprint density at radius 2 is 1.91 bits per heavy atom. The van der Waals surface area contributed by atoms with Crippen molar-refractivity contribution in [3.8, 4) is 0 Å². The van der Waals surface area contributed by atoms with Gasteiger partial charge in [-0.3, -0.25) is 19.5 Å². The van der Waals surface area contributed by atoms with E-state index >= 15 is 0 Å². The molecule has 0 spiro atoms. The number of nitrogens with zero attached hydrogens (tertiary/aromatic N) is 2. The van der Waals surface area contributed by atoms with Crippen molar-refractivity contribution in [3.63, 3.8) is 0 Å². The average molecular weight is 456 g/mol. The van der Waals surface area contributed by atoms with Gasteiger partial charge >= 0.3 is 0 Å². The lowest BCUT2D eigenvalue weighted by molar-refractivity contribution is -0.162. The molecule has 2 heterocycles. The highest BCUT2D eigenvalue weighted by atomic mass is 19.1. The number of rotatable bonds is 6. The second-order valence-corrected chi connectivity index (χ2v) is 9.25. The van der Waals surface area contributed by atoms with Gasteiger partial charge < -0.3 is 10.3 Å². The van der Waals surface area contributed by atoms with Crippen molar-refractivity contribution in [2.75, 3.05) is 7.05 Å². The van der Waals surface area contributed by atoms with Crippen molar-refractivity contribution in [1.29, 1.82) is 0 Å². The molecule has 3 aliphatic carbocycles. The molecule has 9 heteroatoms. The van der Waals surface area contributed by atoms with Gasteiger partial charge in [-0.25, -0.2) is 13.2 Å². The molecule has 1 amide bonds. The first-order chi connectivity index (χ1) is 15.7. The number of carbonyl (C=O) groups is 1. The minimum Gasteiger partial charge on any atom is -0.346 e. The fourth-order valence-electron chi connectivity index (χ4n) is 5.17. The molecule has 172 valence electrons. The summed E-state index contributed by atoms with van der Waals surface area (Å²) < 4.78 is 41.3. The van der Waals surface area contributed by atoms with Crippen molar-refractivity contribution in [3.05, 3.63) is 75.6 Å². The number of likely N-dealkylation sites (N-methyl/N-ethyl adjacent to an activating group) is 1. The number of aromatic nitrogens is 2. The normalized spacial score (nSPS) is 23.0. The highest BCUT2D eigenvalue weighted by molar-refractivity contribution is 5.86. The maximum Gasteiger partial charge on any atom is 0.253 e. The zero-order valence-corrected chi connectivity index (χ0v) is 18.2. The van der Waals surface area contributed by atoms with Gasteiger partial charge in [0.15, 0.2) is 0 Å². The van der Waals surface area contributed by atoms with E-state index in [2.05, 4.69) is 15.3 Å². The quantitative estimate of drug-likeness (QED) is 0.593. The summed E-state index contributed by atoms with van der Waals surface area (Å²) in [6.07, 6.45) is 3.71. The topological polar surface area (TPSA) is 78.1 Å². The van der Waals surface area contributed by atoms with Gasteiger partial charge in [-0.15, -0.1) is 0 Å². The van der Waals surface area contributed by atoms with Gasteiger partial charge in [-0.05, 0) is 63.4 Å². The van der Waals surface area contributed by atoms with E-state index in [1.807, 2.05) is 4.90 Å².